The SMILES string of the molecule is CCC[Si](CC)(C1C=Cc2ccccc21)C1C=Cc2ccccc21.[H-].[Li+]. The maximum absolute atomic E-state index is 2.53. The molecular weight excluding hydrogens is 311 g/mol. The standard InChI is InChI=1S/C23H26Si.Li.H/c1-3-17-24(4-2,22-15-13-18-9-5-7-11-20(18)22)23-16-14-19-10-6-8-12-21(19)23;;/h5-16,22-23H,3-4,17H2,1-2H3;;/q;+1;-1. The van der Waals surface area contributed by atoms with E-state index in [4.69, 9.17) is 0 Å². The van der Waals surface area contributed by atoms with Crippen LogP contribution in [0.3, 0.4) is 0 Å². The zero-order valence-corrected chi connectivity index (χ0v) is 16.7. The molecule has 124 valence electrons. The Hall–Kier alpha value is -1.27. The van der Waals surface area contributed by atoms with Crippen molar-refractivity contribution in [2.75, 3.05) is 0 Å². The fourth-order valence-corrected chi connectivity index (χ4v) is 11.0. The molecule has 2 heteroatoms. The number of hydrogen-bond donors (Lipinski definition) is 0. The van der Waals surface area contributed by atoms with E-state index < -0.39 is 8.07 Å². The molecule has 2 aromatic rings. The molecule has 0 saturated carbocycles. The molecule has 2 unspecified atom stereocenters. The summed E-state index contributed by atoms with van der Waals surface area (Å²) in [4.78, 5) is 0. The number of fused-ring (bicyclic) bond motifs is 2. The molecule has 0 saturated heterocycles. The average molecular weight is 338 g/mol. The summed E-state index contributed by atoms with van der Waals surface area (Å²) in [5.74, 6) is 0. The average Bonchev–Trinajstić information content (AvgIpc) is 3.25. The maximum Gasteiger partial charge on any atom is 1.00 e. The molecule has 0 amide bonds. The Morgan fingerprint density at radius 1 is 0.800 bits per heavy atom. The third-order valence-electron chi connectivity index (χ3n) is 6.21. The number of rotatable bonds is 5. The summed E-state index contributed by atoms with van der Waals surface area (Å²) in [5, 5.41) is 0. The van der Waals surface area contributed by atoms with Crippen LogP contribution in [0.25, 0.3) is 12.2 Å². The molecular formula is C23H27LiSi. The first kappa shape index (κ1) is 18.5. The van der Waals surface area contributed by atoms with Crippen molar-refractivity contribution in [1.82, 2.24) is 0 Å². The van der Waals surface area contributed by atoms with Gasteiger partial charge in [-0.15, -0.1) is 0 Å². The monoisotopic (exact) mass is 338 g/mol. The van der Waals surface area contributed by atoms with Crippen LogP contribution < -0.4 is 18.9 Å². The third-order valence-corrected chi connectivity index (χ3v) is 12.4. The van der Waals surface area contributed by atoms with Crippen LogP contribution in [-0.4, -0.2) is 8.07 Å². The van der Waals surface area contributed by atoms with Gasteiger partial charge >= 0.3 is 18.9 Å². The molecule has 0 spiro atoms. The van der Waals surface area contributed by atoms with Crippen molar-refractivity contribution in [3.8, 4) is 0 Å². The second-order valence-corrected chi connectivity index (χ2v) is 12.2. The summed E-state index contributed by atoms with van der Waals surface area (Å²) in [7, 11) is -1.58. The van der Waals surface area contributed by atoms with Crippen molar-refractivity contribution in [3.05, 3.63) is 82.9 Å². The van der Waals surface area contributed by atoms with Crippen LogP contribution in [-0.2, 0) is 0 Å². The molecule has 2 aromatic carbocycles. The Kier molecular flexibility index (Phi) is 5.59. The minimum atomic E-state index is -1.58. The Morgan fingerprint density at radius 3 is 1.72 bits per heavy atom. The van der Waals surface area contributed by atoms with Crippen LogP contribution >= 0.6 is 0 Å². The van der Waals surface area contributed by atoms with Gasteiger partial charge < -0.3 is 1.43 Å². The van der Waals surface area contributed by atoms with E-state index in [1.54, 1.807) is 11.1 Å². The van der Waals surface area contributed by atoms with Gasteiger partial charge in [0.1, 0.15) is 0 Å². The van der Waals surface area contributed by atoms with Crippen LogP contribution in [0, 0.1) is 0 Å². The second-order valence-electron chi connectivity index (χ2n) is 7.27. The Labute approximate surface area is 166 Å². The summed E-state index contributed by atoms with van der Waals surface area (Å²) in [6.45, 7) is 4.82. The first-order valence-electron chi connectivity index (χ1n) is 9.34. The van der Waals surface area contributed by atoms with Crippen LogP contribution in [0.1, 0.15) is 55.0 Å². The van der Waals surface area contributed by atoms with Gasteiger partial charge in [0.25, 0.3) is 0 Å². The number of allylic oxidation sites excluding steroid dienone is 2. The van der Waals surface area contributed by atoms with E-state index in [9.17, 15) is 0 Å². The van der Waals surface area contributed by atoms with E-state index in [1.807, 2.05) is 0 Å². The number of benzene rings is 2. The molecule has 2 aliphatic carbocycles. The van der Waals surface area contributed by atoms with Gasteiger partial charge in [-0.25, -0.2) is 0 Å². The largest absolute Gasteiger partial charge is 1.00 e. The van der Waals surface area contributed by atoms with Gasteiger partial charge in [0.2, 0.25) is 0 Å². The smallest absolute Gasteiger partial charge is 1.00 e. The molecule has 25 heavy (non-hydrogen) atoms. The van der Waals surface area contributed by atoms with Gasteiger partial charge in [-0.1, -0.05) is 105 Å². The summed E-state index contributed by atoms with van der Waals surface area (Å²) in [6.07, 6.45) is 11.1. The molecule has 0 heterocycles. The van der Waals surface area contributed by atoms with E-state index in [0.717, 1.165) is 0 Å². The quantitative estimate of drug-likeness (QED) is 0.730. The van der Waals surface area contributed by atoms with Crippen LogP contribution in [0.5, 0.6) is 0 Å². The van der Waals surface area contributed by atoms with Crippen molar-refractivity contribution in [1.29, 1.82) is 0 Å². The minimum absolute atomic E-state index is 0. The molecule has 0 nitrogen and oxygen atoms in total. The van der Waals surface area contributed by atoms with Crippen molar-refractivity contribution in [2.24, 2.45) is 0 Å². The van der Waals surface area contributed by atoms with Gasteiger partial charge in [-0.3, -0.25) is 0 Å². The number of hydrogen-bond acceptors (Lipinski definition) is 0. The summed E-state index contributed by atoms with van der Waals surface area (Å²) < 4.78 is 0. The maximum atomic E-state index is 2.53. The van der Waals surface area contributed by atoms with E-state index in [2.05, 4.69) is 86.7 Å². The first-order chi connectivity index (χ1) is 11.8. The predicted molar refractivity (Wildman–Crippen MR) is 109 cm³/mol. The van der Waals surface area contributed by atoms with Gasteiger partial charge in [0, 0.05) is 0 Å². The summed E-state index contributed by atoms with van der Waals surface area (Å²) in [6, 6.07) is 20.8. The van der Waals surface area contributed by atoms with Crippen LogP contribution in [0.15, 0.2) is 60.7 Å². The van der Waals surface area contributed by atoms with Crippen LogP contribution in [0.4, 0.5) is 0 Å². The molecule has 0 aliphatic heterocycles. The van der Waals surface area contributed by atoms with Gasteiger partial charge in [-0.2, -0.15) is 0 Å². The molecule has 0 aromatic heterocycles. The molecule has 4 rings (SSSR count). The molecule has 2 aliphatic rings. The van der Waals surface area contributed by atoms with Crippen molar-refractivity contribution >= 4 is 20.2 Å². The van der Waals surface area contributed by atoms with E-state index >= 15 is 0 Å². The predicted octanol–water partition coefficient (Wildman–Crippen LogP) is 3.68. The topological polar surface area (TPSA) is 0 Å². The van der Waals surface area contributed by atoms with Gasteiger partial charge in [-0.05, 0) is 33.3 Å². The Bertz CT molecular complexity index is 750. The van der Waals surface area contributed by atoms with Crippen LogP contribution in [0.2, 0.25) is 12.1 Å². The molecule has 0 radical (unpaired) electrons. The molecule has 0 fully saturated rings. The second kappa shape index (κ2) is 7.54. The fraction of sp³-hybridized carbons (Fsp3) is 0.304. The van der Waals surface area contributed by atoms with E-state index in [-0.39, 0.29) is 20.3 Å². The summed E-state index contributed by atoms with van der Waals surface area (Å²) >= 11 is 0. The zero-order chi connectivity index (χ0) is 16.6. The third kappa shape index (κ3) is 2.93. The van der Waals surface area contributed by atoms with Crippen molar-refractivity contribution in [3.63, 3.8) is 0 Å². The Balaban J connectivity index is 0.00000121. The van der Waals surface area contributed by atoms with E-state index in [0.29, 0.717) is 11.1 Å². The molecule has 0 bridgehead atoms. The fourth-order valence-electron chi connectivity index (χ4n) is 5.09. The first-order valence-corrected chi connectivity index (χ1v) is 11.9. The minimum Gasteiger partial charge on any atom is -1.00 e. The van der Waals surface area contributed by atoms with Crippen molar-refractivity contribution < 1.29 is 20.3 Å². The normalized spacial score (nSPS) is 22.2. The van der Waals surface area contributed by atoms with Crippen molar-refractivity contribution in [2.45, 2.75) is 43.4 Å². The molecule has 2 atom stereocenters. The zero-order valence-electron chi connectivity index (χ0n) is 16.7. The summed E-state index contributed by atoms with van der Waals surface area (Å²) in [5.41, 5.74) is 7.35. The van der Waals surface area contributed by atoms with E-state index in [1.165, 1.54) is 29.6 Å². The van der Waals surface area contributed by atoms with Gasteiger partial charge in [0.15, 0.2) is 0 Å². The Morgan fingerprint density at radius 2 is 1.28 bits per heavy atom. The molecule has 0 N–H and O–H groups in total. The van der Waals surface area contributed by atoms with Gasteiger partial charge in [0.05, 0.1) is 8.07 Å².